The Morgan fingerprint density at radius 3 is 1.23 bits per heavy atom. The molecule has 8 fully saturated rings. The van der Waals surface area contributed by atoms with Gasteiger partial charge < -0.3 is 37.9 Å². The Balaban J connectivity index is 0.000000164. The van der Waals surface area contributed by atoms with E-state index in [1.807, 2.05) is 20.8 Å². The average molecular weight is 747 g/mol. The molecule has 13 atom stereocenters. The molecule has 4 aliphatic carbocycles. The predicted octanol–water partition coefficient (Wildman–Crippen LogP) is 5.78. The highest BCUT2D eigenvalue weighted by molar-refractivity contribution is 5.74. The molecular weight excluding hydrogens is 684 g/mol. The van der Waals surface area contributed by atoms with Crippen molar-refractivity contribution < 1.29 is 57.1 Å². The third kappa shape index (κ3) is 9.07. The van der Waals surface area contributed by atoms with Crippen LogP contribution in [0, 0.1) is 29.1 Å². The minimum absolute atomic E-state index is 0.00627. The summed E-state index contributed by atoms with van der Waals surface area (Å²) in [6.45, 7) is 15.0. The number of hydrogen-bond donors (Lipinski definition) is 0. The van der Waals surface area contributed by atoms with E-state index in [9.17, 15) is 19.2 Å². The van der Waals surface area contributed by atoms with E-state index in [0.29, 0.717) is 13.0 Å². The van der Waals surface area contributed by atoms with Crippen molar-refractivity contribution in [1.29, 1.82) is 0 Å². The van der Waals surface area contributed by atoms with Crippen molar-refractivity contribution in [2.75, 3.05) is 19.8 Å². The van der Waals surface area contributed by atoms with Crippen molar-refractivity contribution in [2.24, 2.45) is 29.1 Å². The second kappa shape index (κ2) is 14.3. The molecule has 0 aromatic rings. The van der Waals surface area contributed by atoms with E-state index in [2.05, 4.69) is 27.7 Å². The van der Waals surface area contributed by atoms with Crippen LogP contribution in [0.25, 0.3) is 0 Å². The predicted molar refractivity (Wildman–Crippen MR) is 189 cm³/mol. The van der Waals surface area contributed by atoms with Crippen LogP contribution in [0.5, 0.6) is 0 Å². The molecule has 8 rings (SSSR count). The van der Waals surface area contributed by atoms with Gasteiger partial charge in [0.25, 0.3) is 0 Å². The number of fused-ring (bicyclic) bond motifs is 4. The Morgan fingerprint density at radius 2 is 0.887 bits per heavy atom. The van der Waals surface area contributed by atoms with Gasteiger partial charge in [-0.15, -0.1) is 0 Å². The van der Waals surface area contributed by atoms with E-state index in [1.54, 1.807) is 0 Å². The van der Waals surface area contributed by atoms with Gasteiger partial charge in [0, 0.05) is 11.8 Å². The monoisotopic (exact) mass is 746 g/mol. The molecule has 4 heterocycles. The Kier molecular flexibility index (Phi) is 10.5. The number of carbonyl (C=O) groups is 4. The van der Waals surface area contributed by atoms with Crippen LogP contribution in [-0.2, 0) is 57.1 Å². The topological polar surface area (TPSA) is 155 Å². The van der Waals surface area contributed by atoms with Crippen LogP contribution in [0.1, 0.15) is 132 Å². The summed E-state index contributed by atoms with van der Waals surface area (Å²) < 4.78 is 44.7. The van der Waals surface area contributed by atoms with Crippen LogP contribution >= 0.6 is 0 Å². The van der Waals surface area contributed by atoms with E-state index in [4.69, 9.17) is 37.9 Å². The first-order valence-electron chi connectivity index (χ1n) is 20.3. The van der Waals surface area contributed by atoms with E-state index in [0.717, 1.165) is 77.0 Å². The Bertz CT molecular complexity index is 1380. The molecule has 0 spiro atoms. The molecule has 53 heavy (non-hydrogen) atoms. The highest BCUT2D eigenvalue weighted by atomic mass is 16.6. The summed E-state index contributed by atoms with van der Waals surface area (Å²) in [4.78, 5) is 49.2. The van der Waals surface area contributed by atoms with Crippen molar-refractivity contribution in [1.82, 2.24) is 0 Å². The molecule has 12 nitrogen and oxygen atoms in total. The lowest BCUT2D eigenvalue weighted by atomic mass is 9.83. The minimum atomic E-state index is -0.399. The molecule has 4 saturated heterocycles. The molecule has 0 bridgehead atoms. The summed E-state index contributed by atoms with van der Waals surface area (Å²) in [6.07, 6.45) is 11.2. The number of carbonyl (C=O) groups excluding carboxylic acids is 4. The van der Waals surface area contributed by atoms with E-state index in [1.165, 1.54) is 0 Å². The second-order valence-electron chi connectivity index (χ2n) is 19.1. The number of epoxide rings is 4. The average Bonchev–Trinajstić information content (AvgIpc) is 4.01. The second-order valence-corrected chi connectivity index (χ2v) is 19.1. The molecule has 12 heteroatoms. The van der Waals surface area contributed by atoms with Gasteiger partial charge in [-0.05, 0) is 112 Å². The van der Waals surface area contributed by atoms with Gasteiger partial charge in [0.05, 0.1) is 90.3 Å². The molecule has 4 aliphatic heterocycles. The fourth-order valence-corrected chi connectivity index (χ4v) is 9.04. The van der Waals surface area contributed by atoms with E-state index < -0.39 is 5.41 Å². The van der Waals surface area contributed by atoms with Crippen LogP contribution in [0.3, 0.4) is 0 Å². The van der Waals surface area contributed by atoms with Gasteiger partial charge in [-0.1, -0.05) is 13.8 Å². The number of ether oxygens (including phenoxy) is 8. The van der Waals surface area contributed by atoms with E-state index in [-0.39, 0.29) is 114 Å². The number of hydrogen-bond acceptors (Lipinski definition) is 12. The summed E-state index contributed by atoms with van der Waals surface area (Å²) in [6, 6.07) is 0. The van der Waals surface area contributed by atoms with Crippen molar-refractivity contribution in [3.05, 3.63) is 0 Å². The third-order valence-corrected chi connectivity index (χ3v) is 13.7. The Hall–Kier alpha value is -2.28. The molecule has 0 amide bonds. The van der Waals surface area contributed by atoms with Gasteiger partial charge in [0.2, 0.25) is 0 Å². The van der Waals surface area contributed by atoms with Gasteiger partial charge in [0.1, 0.15) is 6.10 Å². The quantitative estimate of drug-likeness (QED) is 0.135. The summed E-state index contributed by atoms with van der Waals surface area (Å²) in [5.74, 6) is -0.830. The Labute approximate surface area is 314 Å². The normalized spacial score (nSPS) is 43.4. The molecule has 4 saturated carbocycles. The van der Waals surface area contributed by atoms with Crippen molar-refractivity contribution >= 4 is 23.9 Å². The van der Waals surface area contributed by atoms with Gasteiger partial charge in [0.15, 0.2) is 0 Å². The summed E-state index contributed by atoms with van der Waals surface area (Å²) in [5, 5.41) is 0. The maximum absolute atomic E-state index is 12.4. The lowest BCUT2D eigenvalue weighted by Crippen LogP contribution is -2.34. The molecule has 0 aromatic heterocycles. The Morgan fingerprint density at radius 1 is 0.566 bits per heavy atom. The van der Waals surface area contributed by atoms with E-state index >= 15 is 0 Å². The van der Waals surface area contributed by atoms with Crippen LogP contribution in [-0.4, -0.2) is 96.6 Å². The fraction of sp³-hybridized carbons (Fsp3) is 0.902. The maximum Gasteiger partial charge on any atom is 0.309 e. The first-order chi connectivity index (χ1) is 24.9. The van der Waals surface area contributed by atoms with Crippen LogP contribution in [0.15, 0.2) is 0 Å². The van der Waals surface area contributed by atoms with Crippen molar-refractivity contribution in [3.8, 4) is 0 Å². The first kappa shape index (κ1) is 39.0. The lowest BCUT2D eigenvalue weighted by molar-refractivity contribution is -0.159. The fourth-order valence-electron chi connectivity index (χ4n) is 9.04. The van der Waals surface area contributed by atoms with Crippen molar-refractivity contribution in [3.63, 3.8) is 0 Å². The molecular formula is C41H62O12. The van der Waals surface area contributed by atoms with Crippen LogP contribution in [0.2, 0.25) is 0 Å². The zero-order valence-corrected chi connectivity index (χ0v) is 32.9. The zero-order chi connectivity index (χ0) is 38.0. The molecule has 0 N–H and O–H groups in total. The minimum Gasteiger partial charge on any atom is -0.465 e. The van der Waals surface area contributed by atoms with Gasteiger partial charge >= 0.3 is 23.9 Å². The number of rotatable bonds is 12. The summed E-state index contributed by atoms with van der Waals surface area (Å²) >= 11 is 0. The molecule has 13 unspecified atom stereocenters. The standard InChI is InChI=1S/C21H32O6.C20H30O6/c1-19(2,11-24-17(22)13-5-7-20(3)15(9-13)26-20)12-25-18(23)14-6-8-21(4)16(10-14)27-21;1-12(24-18(22)14-5-8-20(3)16(11-14)26-20)6-9-23-17(21)13-4-7-19(2)15(10-13)25-19/h13-16H,5-12H2,1-4H3;12-16H,4-11H2,1-3H3. The highest BCUT2D eigenvalue weighted by Gasteiger charge is 2.59. The highest BCUT2D eigenvalue weighted by Crippen LogP contribution is 2.52. The maximum atomic E-state index is 12.4. The van der Waals surface area contributed by atoms with Crippen LogP contribution < -0.4 is 0 Å². The van der Waals surface area contributed by atoms with Gasteiger partial charge in [-0.2, -0.15) is 0 Å². The lowest BCUT2D eigenvalue weighted by Gasteiger charge is -2.27. The van der Waals surface area contributed by atoms with Crippen molar-refractivity contribution in [2.45, 2.75) is 185 Å². The third-order valence-electron chi connectivity index (χ3n) is 13.7. The molecule has 0 radical (unpaired) electrons. The smallest absolute Gasteiger partial charge is 0.309 e. The van der Waals surface area contributed by atoms with Gasteiger partial charge in [-0.3, -0.25) is 19.2 Å². The largest absolute Gasteiger partial charge is 0.465 e. The molecule has 8 aliphatic rings. The van der Waals surface area contributed by atoms with Crippen LogP contribution in [0.4, 0.5) is 0 Å². The molecule has 298 valence electrons. The zero-order valence-electron chi connectivity index (χ0n) is 32.9. The summed E-state index contributed by atoms with van der Waals surface area (Å²) in [5.41, 5.74) is -0.358. The number of esters is 4. The first-order valence-corrected chi connectivity index (χ1v) is 20.3. The molecule has 0 aromatic carbocycles. The van der Waals surface area contributed by atoms with Gasteiger partial charge in [-0.25, -0.2) is 0 Å². The summed E-state index contributed by atoms with van der Waals surface area (Å²) in [7, 11) is 0. The SMILES string of the molecule is CC(C)(COC(=O)C1CCC2(C)OC2C1)COC(=O)C1CCC2(C)OC2C1.CC(CCOC(=O)C1CCC2(C)OC2C1)OC(=O)C1CCC2(C)OC2C1.